The Labute approximate surface area is 111 Å². The molecule has 0 aliphatic carbocycles. The summed E-state index contributed by atoms with van der Waals surface area (Å²) in [5, 5.41) is 16.8. The molecule has 0 saturated carbocycles. The summed E-state index contributed by atoms with van der Waals surface area (Å²) in [4.78, 5) is 0. The smallest absolute Gasteiger partial charge is 0.161 e. The zero-order chi connectivity index (χ0) is 13.8. The zero-order valence-electron chi connectivity index (χ0n) is 11.3. The lowest BCUT2D eigenvalue weighted by atomic mass is 10.1. The third-order valence-corrected chi connectivity index (χ3v) is 2.92. The molecule has 19 heavy (non-hydrogen) atoms. The summed E-state index contributed by atoms with van der Waals surface area (Å²) in [6.45, 7) is 2.46. The van der Waals surface area contributed by atoms with Crippen LogP contribution in [0.5, 0.6) is 11.5 Å². The van der Waals surface area contributed by atoms with Gasteiger partial charge in [-0.3, -0.25) is 0 Å². The Balaban J connectivity index is 2.29. The summed E-state index contributed by atoms with van der Waals surface area (Å²) in [7, 11) is 3.22. The van der Waals surface area contributed by atoms with Gasteiger partial charge in [-0.2, -0.15) is 0 Å². The zero-order valence-corrected chi connectivity index (χ0v) is 11.3. The molecule has 0 spiro atoms. The van der Waals surface area contributed by atoms with Crippen molar-refractivity contribution >= 4 is 0 Å². The van der Waals surface area contributed by atoms with Gasteiger partial charge in [-0.1, -0.05) is 5.21 Å². The highest BCUT2D eigenvalue weighted by Crippen LogP contribution is 2.30. The van der Waals surface area contributed by atoms with E-state index in [-0.39, 0.29) is 6.61 Å². The first-order valence-electron chi connectivity index (χ1n) is 5.89. The normalized spacial score (nSPS) is 10.5. The Morgan fingerprint density at radius 2 is 1.89 bits per heavy atom. The molecule has 1 aromatic heterocycles. The van der Waals surface area contributed by atoms with Gasteiger partial charge in [0.1, 0.15) is 5.69 Å². The lowest BCUT2D eigenvalue weighted by Crippen LogP contribution is -2.03. The second-order valence-corrected chi connectivity index (χ2v) is 4.20. The Hall–Kier alpha value is -2.08. The molecule has 2 aromatic rings. The van der Waals surface area contributed by atoms with Gasteiger partial charge in [-0.15, -0.1) is 5.10 Å². The van der Waals surface area contributed by atoms with Crippen molar-refractivity contribution in [2.24, 2.45) is 0 Å². The van der Waals surface area contributed by atoms with Crippen LogP contribution in [0.3, 0.4) is 0 Å². The van der Waals surface area contributed by atoms with E-state index in [9.17, 15) is 0 Å². The average molecular weight is 263 g/mol. The third kappa shape index (κ3) is 2.85. The monoisotopic (exact) mass is 263 g/mol. The molecule has 6 heteroatoms. The van der Waals surface area contributed by atoms with E-state index in [0.29, 0.717) is 23.7 Å². The number of aromatic nitrogens is 3. The molecule has 0 fully saturated rings. The molecular weight excluding hydrogens is 246 g/mol. The van der Waals surface area contributed by atoms with Gasteiger partial charge >= 0.3 is 0 Å². The summed E-state index contributed by atoms with van der Waals surface area (Å²) < 4.78 is 12.2. The van der Waals surface area contributed by atoms with Gasteiger partial charge in [-0.25, -0.2) is 4.68 Å². The first kappa shape index (κ1) is 13.4. The number of benzene rings is 1. The van der Waals surface area contributed by atoms with Crippen molar-refractivity contribution < 1.29 is 14.6 Å². The first-order chi connectivity index (χ1) is 9.17. The van der Waals surface area contributed by atoms with E-state index in [1.54, 1.807) is 25.1 Å². The molecule has 0 radical (unpaired) electrons. The SMILES string of the molecule is COc1cc(C)c(Cn2cc(CO)nn2)cc1OC. The summed E-state index contributed by atoms with van der Waals surface area (Å²) >= 11 is 0. The number of ether oxygens (including phenoxy) is 2. The highest BCUT2D eigenvalue weighted by molar-refractivity contribution is 5.47. The molecule has 0 aliphatic rings. The van der Waals surface area contributed by atoms with E-state index in [1.807, 2.05) is 19.1 Å². The van der Waals surface area contributed by atoms with Gasteiger partial charge in [0.05, 0.1) is 33.6 Å². The number of aryl methyl sites for hydroxylation is 1. The van der Waals surface area contributed by atoms with Gasteiger partial charge in [0, 0.05) is 0 Å². The summed E-state index contributed by atoms with van der Waals surface area (Å²) in [6.07, 6.45) is 1.72. The highest BCUT2D eigenvalue weighted by atomic mass is 16.5. The van der Waals surface area contributed by atoms with E-state index in [4.69, 9.17) is 14.6 Å². The van der Waals surface area contributed by atoms with Gasteiger partial charge in [0.25, 0.3) is 0 Å². The highest BCUT2D eigenvalue weighted by Gasteiger charge is 2.09. The molecule has 0 atom stereocenters. The Morgan fingerprint density at radius 1 is 1.21 bits per heavy atom. The maximum Gasteiger partial charge on any atom is 0.161 e. The number of nitrogens with zero attached hydrogens (tertiary/aromatic N) is 3. The maximum absolute atomic E-state index is 8.97. The van der Waals surface area contributed by atoms with Crippen LogP contribution in [0.25, 0.3) is 0 Å². The number of aliphatic hydroxyl groups is 1. The molecule has 2 rings (SSSR count). The Morgan fingerprint density at radius 3 is 2.47 bits per heavy atom. The quantitative estimate of drug-likeness (QED) is 0.876. The van der Waals surface area contributed by atoms with Gasteiger partial charge in [-0.05, 0) is 30.2 Å². The number of hydrogen-bond donors (Lipinski definition) is 1. The number of methoxy groups -OCH3 is 2. The maximum atomic E-state index is 8.97. The van der Waals surface area contributed by atoms with Crippen LogP contribution < -0.4 is 9.47 Å². The predicted molar refractivity (Wildman–Crippen MR) is 69.3 cm³/mol. The van der Waals surface area contributed by atoms with Gasteiger partial charge < -0.3 is 14.6 Å². The van der Waals surface area contributed by atoms with Crippen molar-refractivity contribution in [3.05, 3.63) is 35.2 Å². The number of aliphatic hydroxyl groups excluding tert-OH is 1. The van der Waals surface area contributed by atoms with Crippen LogP contribution in [0, 0.1) is 6.92 Å². The Bertz CT molecular complexity index is 566. The van der Waals surface area contributed by atoms with Gasteiger partial charge in [0.15, 0.2) is 11.5 Å². The van der Waals surface area contributed by atoms with Crippen LogP contribution in [0.4, 0.5) is 0 Å². The van der Waals surface area contributed by atoms with Crippen molar-refractivity contribution in [2.45, 2.75) is 20.1 Å². The van der Waals surface area contributed by atoms with Crippen molar-refractivity contribution in [3.63, 3.8) is 0 Å². The average Bonchev–Trinajstić information content (AvgIpc) is 2.88. The topological polar surface area (TPSA) is 69.4 Å². The van der Waals surface area contributed by atoms with E-state index in [1.165, 1.54) is 0 Å². The van der Waals surface area contributed by atoms with Crippen molar-refractivity contribution in [2.75, 3.05) is 14.2 Å². The molecular formula is C13H17N3O3. The molecule has 0 aliphatic heterocycles. The van der Waals surface area contributed by atoms with E-state index < -0.39 is 0 Å². The molecule has 0 unspecified atom stereocenters. The summed E-state index contributed by atoms with van der Waals surface area (Å²) in [6, 6.07) is 3.85. The van der Waals surface area contributed by atoms with Crippen LogP contribution in [0.1, 0.15) is 16.8 Å². The number of rotatable bonds is 5. The molecule has 0 bridgehead atoms. The Kier molecular flexibility index (Phi) is 4.01. The van der Waals surface area contributed by atoms with Crippen LogP contribution in [0.2, 0.25) is 0 Å². The molecule has 1 N–H and O–H groups in total. The predicted octanol–water partition coefficient (Wildman–Crippen LogP) is 1.14. The lowest BCUT2D eigenvalue weighted by Gasteiger charge is -2.12. The minimum Gasteiger partial charge on any atom is -0.493 e. The largest absolute Gasteiger partial charge is 0.493 e. The van der Waals surface area contributed by atoms with Crippen molar-refractivity contribution in [1.82, 2.24) is 15.0 Å². The molecule has 1 heterocycles. The van der Waals surface area contributed by atoms with Crippen LogP contribution in [-0.4, -0.2) is 34.3 Å². The lowest BCUT2D eigenvalue weighted by molar-refractivity contribution is 0.276. The first-order valence-corrected chi connectivity index (χ1v) is 5.89. The molecule has 0 saturated heterocycles. The van der Waals surface area contributed by atoms with Crippen LogP contribution >= 0.6 is 0 Å². The van der Waals surface area contributed by atoms with Gasteiger partial charge in [0.2, 0.25) is 0 Å². The fourth-order valence-electron chi connectivity index (χ4n) is 1.86. The van der Waals surface area contributed by atoms with E-state index in [2.05, 4.69) is 10.3 Å². The second kappa shape index (κ2) is 5.71. The molecule has 1 aromatic carbocycles. The second-order valence-electron chi connectivity index (χ2n) is 4.20. The van der Waals surface area contributed by atoms with Crippen molar-refractivity contribution in [3.8, 4) is 11.5 Å². The van der Waals surface area contributed by atoms with E-state index >= 15 is 0 Å². The summed E-state index contributed by atoms with van der Waals surface area (Å²) in [5.41, 5.74) is 2.70. The minimum absolute atomic E-state index is 0.106. The molecule has 6 nitrogen and oxygen atoms in total. The van der Waals surface area contributed by atoms with Crippen LogP contribution in [0.15, 0.2) is 18.3 Å². The summed E-state index contributed by atoms with van der Waals surface area (Å²) in [5.74, 6) is 1.39. The standard InChI is InChI=1S/C13H17N3O3/c1-9-4-12(18-2)13(19-3)5-10(9)6-16-7-11(8-17)14-15-16/h4-5,7,17H,6,8H2,1-3H3. The molecule has 102 valence electrons. The van der Waals surface area contributed by atoms with Crippen LogP contribution in [-0.2, 0) is 13.2 Å². The van der Waals surface area contributed by atoms with Crippen molar-refractivity contribution in [1.29, 1.82) is 0 Å². The fraction of sp³-hybridized carbons (Fsp3) is 0.385. The third-order valence-electron chi connectivity index (χ3n) is 2.92. The molecule has 0 amide bonds. The number of hydrogen-bond acceptors (Lipinski definition) is 5. The minimum atomic E-state index is -0.106. The fourth-order valence-corrected chi connectivity index (χ4v) is 1.86. The van der Waals surface area contributed by atoms with E-state index in [0.717, 1.165) is 11.1 Å².